The average molecular weight is 729 g/mol. The topological polar surface area (TPSA) is 54.6 Å². The Hall–Kier alpha value is -7.31. The molecule has 8 aromatic carbocycles. The van der Waals surface area contributed by atoms with Crippen molar-refractivity contribution in [1.82, 2.24) is 9.13 Å². The number of carbonyl (C=O) groups excluding carboxylic acids is 1. The summed E-state index contributed by atoms with van der Waals surface area (Å²) in [5.74, 6) is 0.901. The van der Waals surface area contributed by atoms with Gasteiger partial charge in [0.1, 0.15) is 24.7 Å². The number of rotatable bonds is 9. The first-order chi connectivity index (χ1) is 27.6. The standard InChI is InChI=1S/C50H36N2O4/c1-3-48(53)56-29-28-55-47-27-21-33-31-35(52-44-18-10-6-14-40(44)41-15-7-11-19-45(41)52)23-25-37(33)50(47)49-36-24-22-34(30-32(36)20-26-46(49)54-2)51-42-16-8-4-12-38(42)39-13-5-9-17-43(39)51/h3-27,30-31H,1,28-29H2,2H3. The van der Waals surface area contributed by atoms with Gasteiger partial charge in [-0.2, -0.15) is 0 Å². The van der Waals surface area contributed by atoms with Gasteiger partial charge >= 0.3 is 5.97 Å². The molecule has 0 atom stereocenters. The lowest BCUT2D eigenvalue weighted by molar-refractivity contribution is -0.138. The van der Waals surface area contributed by atoms with Crippen molar-refractivity contribution >= 4 is 71.1 Å². The number of hydrogen-bond donors (Lipinski definition) is 0. The summed E-state index contributed by atoms with van der Waals surface area (Å²) in [5, 5.41) is 9.00. The van der Waals surface area contributed by atoms with E-state index in [0.29, 0.717) is 5.75 Å². The van der Waals surface area contributed by atoms with Crippen molar-refractivity contribution in [3.8, 4) is 34.0 Å². The van der Waals surface area contributed by atoms with E-state index < -0.39 is 5.97 Å². The molecular formula is C50H36N2O4. The summed E-state index contributed by atoms with van der Waals surface area (Å²) in [6.45, 7) is 3.77. The molecule has 270 valence electrons. The van der Waals surface area contributed by atoms with Crippen LogP contribution in [0.2, 0.25) is 0 Å². The van der Waals surface area contributed by atoms with E-state index in [4.69, 9.17) is 14.2 Å². The van der Waals surface area contributed by atoms with Crippen molar-refractivity contribution in [2.75, 3.05) is 20.3 Å². The molecule has 10 rings (SSSR count). The number of carbonyl (C=O) groups is 1. The van der Waals surface area contributed by atoms with Crippen LogP contribution in [0.4, 0.5) is 0 Å². The minimum absolute atomic E-state index is 0.0872. The highest BCUT2D eigenvalue weighted by molar-refractivity contribution is 6.13. The van der Waals surface area contributed by atoms with E-state index in [0.717, 1.165) is 77.9 Å². The molecule has 6 heteroatoms. The molecule has 0 aliphatic rings. The highest BCUT2D eigenvalue weighted by Crippen LogP contribution is 2.47. The van der Waals surface area contributed by atoms with E-state index in [1.807, 2.05) is 12.1 Å². The Bertz CT molecular complexity index is 3080. The van der Waals surface area contributed by atoms with E-state index in [9.17, 15) is 4.79 Å². The number of esters is 1. The minimum atomic E-state index is -0.486. The minimum Gasteiger partial charge on any atom is -0.496 e. The quantitative estimate of drug-likeness (QED) is 0.0843. The van der Waals surface area contributed by atoms with Crippen molar-refractivity contribution < 1.29 is 19.0 Å². The molecule has 2 heterocycles. The summed E-state index contributed by atoms with van der Waals surface area (Å²) in [6.07, 6.45) is 1.16. The van der Waals surface area contributed by atoms with Crippen molar-refractivity contribution in [3.63, 3.8) is 0 Å². The van der Waals surface area contributed by atoms with Crippen molar-refractivity contribution in [3.05, 3.63) is 170 Å². The zero-order valence-corrected chi connectivity index (χ0v) is 30.7. The van der Waals surface area contributed by atoms with E-state index >= 15 is 0 Å². The third kappa shape index (κ3) is 5.29. The van der Waals surface area contributed by atoms with Gasteiger partial charge in [0.2, 0.25) is 0 Å². The van der Waals surface area contributed by atoms with Crippen LogP contribution < -0.4 is 9.47 Å². The number of benzene rings is 8. The first-order valence-corrected chi connectivity index (χ1v) is 18.7. The number of methoxy groups -OCH3 is 1. The third-order valence-corrected chi connectivity index (χ3v) is 10.8. The Balaban J connectivity index is 1.18. The van der Waals surface area contributed by atoms with Gasteiger partial charge in [-0.3, -0.25) is 0 Å². The number of fused-ring (bicyclic) bond motifs is 8. The van der Waals surface area contributed by atoms with Crippen LogP contribution in [-0.2, 0) is 9.53 Å². The molecule has 0 amide bonds. The fourth-order valence-corrected chi connectivity index (χ4v) is 8.43. The zero-order chi connectivity index (χ0) is 37.8. The average Bonchev–Trinajstić information content (AvgIpc) is 3.77. The number of hydrogen-bond acceptors (Lipinski definition) is 4. The lowest BCUT2D eigenvalue weighted by atomic mass is 9.91. The highest BCUT2D eigenvalue weighted by Gasteiger charge is 2.21. The van der Waals surface area contributed by atoms with Crippen LogP contribution >= 0.6 is 0 Å². The molecule has 0 radical (unpaired) electrons. The monoisotopic (exact) mass is 728 g/mol. The Morgan fingerprint density at radius 2 is 0.946 bits per heavy atom. The Morgan fingerprint density at radius 3 is 1.39 bits per heavy atom. The van der Waals surface area contributed by atoms with Gasteiger partial charge < -0.3 is 23.3 Å². The molecule has 6 nitrogen and oxygen atoms in total. The molecule has 0 aliphatic carbocycles. The summed E-state index contributed by atoms with van der Waals surface area (Å²) in [4.78, 5) is 11.9. The number of para-hydroxylation sites is 4. The number of ether oxygens (including phenoxy) is 3. The zero-order valence-electron chi connectivity index (χ0n) is 30.7. The normalized spacial score (nSPS) is 11.6. The number of nitrogens with zero attached hydrogens (tertiary/aromatic N) is 2. The van der Waals surface area contributed by atoms with E-state index in [1.165, 1.54) is 21.5 Å². The summed E-state index contributed by atoms with van der Waals surface area (Å²) < 4.78 is 22.5. The molecule has 0 bridgehead atoms. The molecule has 2 aromatic heterocycles. The van der Waals surface area contributed by atoms with Crippen LogP contribution in [-0.4, -0.2) is 35.4 Å². The maximum Gasteiger partial charge on any atom is 0.330 e. The fraction of sp³-hybridized carbons (Fsp3) is 0.0600. The van der Waals surface area contributed by atoms with Crippen molar-refractivity contribution in [1.29, 1.82) is 0 Å². The van der Waals surface area contributed by atoms with Gasteiger partial charge in [-0.25, -0.2) is 4.79 Å². The molecule has 0 N–H and O–H groups in total. The lowest BCUT2D eigenvalue weighted by Crippen LogP contribution is -2.10. The fourth-order valence-electron chi connectivity index (χ4n) is 8.43. The predicted octanol–water partition coefficient (Wildman–Crippen LogP) is 12.0. The second kappa shape index (κ2) is 13.5. The highest BCUT2D eigenvalue weighted by atomic mass is 16.6. The molecule has 0 spiro atoms. The van der Waals surface area contributed by atoms with Crippen LogP contribution in [0.15, 0.2) is 170 Å². The summed E-state index contributed by atoms with van der Waals surface area (Å²) >= 11 is 0. The molecule has 0 saturated carbocycles. The summed E-state index contributed by atoms with van der Waals surface area (Å²) in [5.41, 5.74) is 8.57. The summed E-state index contributed by atoms with van der Waals surface area (Å²) in [7, 11) is 1.71. The molecule has 0 fully saturated rings. The van der Waals surface area contributed by atoms with Crippen LogP contribution in [0.3, 0.4) is 0 Å². The Morgan fingerprint density at radius 1 is 0.518 bits per heavy atom. The van der Waals surface area contributed by atoms with Gasteiger partial charge in [0.15, 0.2) is 0 Å². The van der Waals surface area contributed by atoms with E-state index in [2.05, 4.69) is 161 Å². The van der Waals surface area contributed by atoms with Crippen LogP contribution in [0.1, 0.15) is 0 Å². The van der Waals surface area contributed by atoms with Gasteiger partial charge in [0.05, 0.1) is 29.2 Å². The van der Waals surface area contributed by atoms with Crippen molar-refractivity contribution in [2.45, 2.75) is 0 Å². The van der Waals surface area contributed by atoms with Crippen LogP contribution in [0.25, 0.3) is 87.7 Å². The second-order valence-corrected chi connectivity index (χ2v) is 13.9. The first-order valence-electron chi connectivity index (χ1n) is 18.7. The first kappa shape index (κ1) is 33.3. The molecule has 0 aliphatic heterocycles. The molecule has 0 saturated heterocycles. The second-order valence-electron chi connectivity index (χ2n) is 13.9. The Labute approximate surface area is 323 Å². The number of aromatic nitrogens is 2. The largest absolute Gasteiger partial charge is 0.496 e. The van der Waals surface area contributed by atoms with E-state index in [-0.39, 0.29) is 13.2 Å². The lowest BCUT2D eigenvalue weighted by Gasteiger charge is -2.20. The van der Waals surface area contributed by atoms with Crippen LogP contribution in [0, 0.1) is 0 Å². The Kier molecular flexibility index (Phi) is 8.03. The molecular weight excluding hydrogens is 693 g/mol. The van der Waals surface area contributed by atoms with Crippen molar-refractivity contribution in [2.24, 2.45) is 0 Å². The molecule has 56 heavy (non-hydrogen) atoms. The van der Waals surface area contributed by atoms with Gasteiger partial charge in [0.25, 0.3) is 0 Å². The SMILES string of the molecule is C=CC(=O)OCCOc1ccc2cc(-n3c4ccccc4c4ccccc43)ccc2c1-c1c(OC)ccc2cc(-n3c4ccccc4c4ccccc43)ccc12. The smallest absolute Gasteiger partial charge is 0.330 e. The van der Waals surface area contributed by atoms with Gasteiger partial charge in [-0.05, 0) is 82.2 Å². The van der Waals surface area contributed by atoms with E-state index in [1.54, 1.807) is 7.11 Å². The predicted molar refractivity (Wildman–Crippen MR) is 229 cm³/mol. The molecule has 0 unspecified atom stereocenters. The maximum absolute atomic E-state index is 11.9. The van der Waals surface area contributed by atoms with Crippen LogP contribution in [0.5, 0.6) is 11.5 Å². The third-order valence-electron chi connectivity index (χ3n) is 10.8. The summed E-state index contributed by atoms with van der Waals surface area (Å²) in [6, 6.07) is 55.7. The maximum atomic E-state index is 11.9. The molecule has 10 aromatic rings. The van der Waals surface area contributed by atoms with Gasteiger partial charge in [-0.15, -0.1) is 0 Å². The van der Waals surface area contributed by atoms with Gasteiger partial charge in [-0.1, -0.05) is 104 Å². The van der Waals surface area contributed by atoms with Gasteiger partial charge in [0, 0.05) is 50.1 Å².